The Hall–Kier alpha value is -4.63. The second kappa shape index (κ2) is 8.86. The van der Waals surface area contributed by atoms with Crippen LogP contribution in [-0.2, 0) is 0 Å². The van der Waals surface area contributed by atoms with Crippen LogP contribution in [0.25, 0.3) is 39.4 Å². The van der Waals surface area contributed by atoms with Crippen molar-refractivity contribution in [1.82, 2.24) is 24.4 Å². The third-order valence-corrected chi connectivity index (χ3v) is 6.65. The molecule has 0 bridgehead atoms. The second-order valence-electron chi connectivity index (χ2n) is 7.97. The molecular formula is C27H18FN5O2S. The molecule has 0 aliphatic heterocycles. The zero-order valence-corrected chi connectivity index (χ0v) is 19.8. The lowest BCUT2D eigenvalue weighted by Gasteiger charge is -2.04. The summed E-state index contributed by atoms with van der Waals surface area (Å²) in [5, 5.41) is 9.12. The van der Waals surface area contributed by atoms with Crippen molar-refractivity contribution in [2.24, 2.45) is 0 Å². The molecule has 7 nitrogen and oxygen atoms in total. The molecule has 0 radical (unpaired) electrons. The molecule has 0 unspecified atom stereocenters. The van der Waals surface area contributed by atoms with Gasteiger partial charge in [0.2, 0.25) is 4.96 Å². The number of halogens is 1. The number of thiazole rings is 1. The molecule has 0 aliphatic carbocycles. The lowest BCUT2D eigenvalue weighted by molar-refractivity contribution is 0.386. The summed E-state index contributed by atoms with van der Waals surface area (Å²) < 4.78 is 23.1. The maximum Gasteiger partial charge on any atom is 0.291 e. The summed E-state index contributed by atoms with van der Waals surface area (Å²) in [6.07, 6.45) is 3.56. The Labute approximate surface area is 208 Å². The Morgan fingerprint density at radius 3 is 2.39 bits per heavy atom. The number of fused-ring (bicyclic) bond motifs is 1. The molecule has 3 aromatic carbocycles. The first-order valence-corrected chi connectivity index (χ1v) is 11.9. The summed E-state index contributed by atoms with van der Waals surface area (Å²) in [6, 6.07) is 23.8. The molecule has 0 spiro atoms. The smallest absolute Gasteiger partial charge is 0.291 e. The van der Waals surface area contributed by atoms with Gasteiger partial charge in [0, 0.05) is 22.9 Å². The van der Waals surface area contributed by atoms with Gasteiger partial charge in [0.25, 0.3) is 5.56 Å². The molecule has 176 valence electrons. The highest BCUT2D eigenvalue weighted by Crippen LogP contribution is 2.28. The van der Waals surface area contributed by atoms with Crippen LogP contribution in [-0.4, -0.2) is 31.5 Å². The molecule has 3 heterocycles. The molecular weight excluding hydrogens is 477 g/mol. The molecule has 0 fully saturated rings. The average Bonchev–Trinajstić information content (AvgIpc) is 3.60. The van der Waals surface area contributed by atoms with Gasteiger partial charge in [-0.1, -0.05) is 59.9 Å². The van der Waals surface area contributed by atoms with Crippen LogP contribution < -0.4 is 14.8 Å². The van der Waals surface area contributed by atoms with Crippen molar-refractivity contribution in [2.45, 2.75) is 0 Å². The molecule has 0 amide bonds. The van der Waals surface area contributed by atoms with Crippen molar-refractivity contribution in [3.8, 4) is 34.1 Å². The Balaban J connectivity index is 1.50. The maximum atomic E-state index is 14.5. The number of hydrogen-bond acceptors (Lipinski definition) is 6. The predicted octanol–water partition coefficient (Wildman–Crippen LogP) is 4.37. The normalized spacial score (nSPS) is 11.9. The molecule has 0 saturated heterocycles. The Kier molecular flexibility index (Phi) is 5.38. The minimum atomic E-state index is -0.494. The van der Waals surface area contributed by atoms with Crippen LogP contribution in [0.15, 0.2) is 89.9 Å². The first kappa shape index (κ1) is 21.9. The van der Waals surface area contributed by atoms with E-state index < -0.39 is 5.82 Å². The molecule has 9 heteroatoms. The number of para-hydroxylation sites is 1. The first-order chi connectivity index (χ1) is 17.6. The van der Waals surface area contributed by atoms with Gasteiger partial charge in [-0.05, 0) is 36.4 Å². The lowest BCUT2D eigenvalue weighted by atomic mass is 10.1. The van der Waals surface area contributed by atoms with Crippen LogP contribution in [0.2, 0.25) is 0 Å². The van der Waals surface area contributed by atoms with E-state index in [1.807, 2.05) is 66.9 Å². The van der Waals surface area contributed by atoms with E-state index in [1.54, 1.807) is 22.9 Å². The van der Waals surface area contributed by atoms with E-state index in [1.165, 1.54) is 29.0 Å². The average molecular weight is 496 g/mol. The van der Waals surface area contributed by atoms with Gasteiger partial charge >= 0.3 is 0 Å². The number of methoxy groups -OCH3 is 1. The molecule has 3 aromatic heterocycles. The van der Waals surface area contributed by atoms with Gasteiger partial charge in [0.1, 0.15) is 5.69 Å². The van der Waals surface area contributed by atoms with Crippen LogP contribution in [0.3, 0.4) is 0 Å². The van der Waals surface area contributed by atoms with E-state index in [9.17, 15) is 9.18 Å². The highest BCUT2D eigenvalue weighted by molar-refractivity contribution is 7.15. The Bertz CT molecular complexity index is 1810. The number of benzene rings is 3. The van der Waals surface area contributed by atoms with E-state index >= 15 is 0 Å². The second-order valence-corrected chi connectivity index (χ2v) is 8.98. The van der Waals surface area contributed by atoms with E-state index in [4.69, 9.17) is 9.84 Å². The van der Waals surface area contributed by atoms with Crippen LogP contribution >= 0.6 is 11.3 Å². The minimum absolute atomic E-state index is 0.147. The largest absolute Gasteiger partial charge is 0.494 e. The fourth-order valence-corrected chi connectivity index (χ4v) is 4.83. The SMILES string of the molecule is COc1ccc(-c2nn(-c3ccccc3)cc2C=c2sc3nc(-c4ccccc4)nn3c2=O)cc1F. The predicted molar refractivity (Wildman–Crippen MR) is 137 cm³/mol. The van der Waals surface area contributed by atoms with Crippen LogP contribution in [0.1, 0.15) is 5.56 Å². The van der Waals surface area contributed by atoms with E-state index in [-0.39, 0.29) is 11.3 Å². The topological polar surface area (TPSA) is 74.3 Å². The van der Waals surface area contributed by atoms with Crippen LogP contribution in [0.5, 0.6) is 5.75 Å². The zero-order chi connectivity index (χ0) is 24.6. The fraction of sp³-hybridized carbons (Fsp3) is 0.0370. The van der Waals surface area contributed by atoms with Gasteiger partial charge in [-0.2, -0.15) is 14.6 Å². The van der Waals surface area contributed by atoms with Gasteiger partial charge in [0.15, 0.2) is 17.4 Å². The zero-order valence-electron chi connectivity index (χ0n) is 19.0. The molecule has 36 heavy (non-hydrogen) atoms. The molecule has 0 aliphatic rings. The number of nitrogens with zero attached hydrogens (tertiary/aromatic N) is 5. The van der Waals surface area contributed by atoms with Gasteiger partial charge in [0.05, 0.1) is 17.3 Å². The number of rotatable bonds is 5. The summed E-state index contributed by atoms with van der Waals surface area (Å²) >= 11 is 1.24. The van der Waals surface area contributed by atoms with Gasteiger partial charge < -0.3 is 4.74 Å². The molecule has 0 saturated carbocycles. The van der Waals surface area contributed by atoms with Crippen LogP contribution in [0, 0.1) is 5.82 Å². The van der Waals surface area contributed by atoms with Gasteiger partial charge in [-0.15, -0.1) is 5.10 Å². The van der Waals surface area contributed by atoms with Crippen molar-refractivity contribution in [3.05, 3.63) is 111 Å². The van der Waals surface area contributed by atoms with Crippen molar-refractivity contribution < 1.29 is 9.13 Å². The van der Waals surface area contributed by atoms with E-state index in [2.05, 4.69) is 10.1 Å². The third kappa shape index (κ3) is 3.85. The van der Waals surface area contributed by atoms with Crippen molar-refractivity contribution in [1.29, 1.82) is 0 Å². The summed E-state index contributed by atoms with van der Waals surface area (Å²) in [5.41, 5.74) is 3.16. The summed E-state index contributed by atoms with van der Waals surface area (Å²) in [6.45, 7) is 0. The molecule has 6 rings (SSSR count). The Morgan fingerprint density at radius 2 is 1.69 bits per heavy atom. The third-order valence-electron chi connectivity index (χ3n) is 5.69. The van der Waals surface area contributed by atoms with Gasteiger partial charge in [-0.3, -0.25) is 4.79 Å². The number of aromatic nitrogens is 5. The number of hydrogen-bond donors (Lipinski definition) is 0. The highest BCUT2D eigenvalue weighted by Gasteiger charge is 2.16. The minimum Gasteiger partial charge on any atom is -0.494 e. The molecule has 0 N–H and O–H groups in total. The molecule has 0 atom stereocenters. The fourth-order valence-electron chi connectivity index (χ4n) is 3.93. The first-order valence-electron chi connectivity index (χ1n) is 11.1. The maximum absolute atomic E-state index is 14.5. The van der Waals surface area contributed by atoms with Gasteiger partial charge in [-0.25, -0.2) is 9.07 Å². The number of ether oxygens (including phenoxy) is 1. The summed E-state index contributed by atoms with van der Waals surface area (Å²) in [4.78, 5) is 18.2. The highest BCUT2D eigenvalue weighted by atomic mass is 32.1. The summed E-state index contributed by atoms with van der Waals surface area (Å²) in [5.74, 6) is 0.150. The van der Waals surface area contributed by atoms with Crippen molar-refractivity contribution in [2.75, 3.05) is 7.11 Å². The standard InChI is InChI=1S/C27H18FN5O2S/c1-35-22-13-12-18(14-21(22)28)24-19(16-32(30-24)20-10-6-3-7-11-20)15-23-26(34)33-27(36-23)29-25(31-33)17-8-4-2-5-9-17/h2-16H,1H3. The molecule has 6 aromatic rings. The van der Waals surface area contributed by atoms with E-state index in [0.29, 0.717) is 32.1 Å². The lowest BCUT2D eigenvalue weighted by Crippen LogP contribution is -2.23. The summed E-state index contributed by atoms with van der Waals surface area (Å²) in [7, 11) is 1.42. The Morgan fingerprint density at radius 1 is 0.944 bits per heavy atom. The van der Waals surface area contributed by atoms with Crippen molar-refractivity contribution in [3.63, 3.8) is 0 Å². The monoisotopic (exact) mass is 495 g/mol. The van der Waals surface area contributed by atoms with E-state index in [0.717, 1.165) is 11.3 Å². The quantitative estimate of drug-likeness (QED) is 0.355. The van der Waals surface area contributed by atoms with Crippen LogP contribution in [0.4, 0.5) is 4.39 Å². The van der Waals surface area contributed by atoms with Crippen molar-refractivity contribution >= 4 is 22.4 Å².